The van der Waals surface area contributed by atoms with Crippen LogP contribution in [-0.4, -0.2) is 22.2 Å². The summed E-state index contributed by atoms with van der Waals surface area (Å²) in [5.74, 6) is 0.589. The zero-order valence-electron chi connectivity index (χ0n) is 15.1. The van der Waals surface area contributed by atoms with E-state index in [0.717, 1.165) is 29.5 Å². The summed E-state index contributed by atoms with van der Waals surface area (Å²) < 4.78 is 3.12. The summed E-state index contributed by atoms with van der Waals surface area (Å²) in [6.45, 7) is 7.20. The van der Waals surface area contributed by atoms with Crippen LogP contribution in [0.4, 0.5) is 5.69 Å². The van der Waals surface area contributed by atoms with E-state index in [1.54, 1.807) is 0 Å². The molecule has 0 spiro atoms. The number of benzene rings is 1. The van der Waals surface area contributed by atoms with Crippen LogP contribution >= 0.6 is 15.9 Å². The van der Waals surface area contributed by atoms with Crippen LogP contribution in [0.1, 0.15) is 67.7 Å². The molecule has 0 saturated heterocycles. The predicted molar refractivity (Wildman–Crippen MR) is 103 cm³/mol. The van der Waals surface area contributed by atoms with Gasteiger partial charge in [0.2, 0.25) is 0 Å². The first-order chi connectivity index (χ1) is 11.8. The Kier molecular flexibility index (Phi) is 4.02. The van der Waals surface area contributed by atoms with Crippen LogP contribution in [0.15, 0.2) is 28.7 Å². The fraction of sp³-hybridized carbons (Fsp3) is 0.500. The van der Waals surface area contributed by atoms with Crippen LogP contribution < -0.4 is 4.90 Å². The number of carbonyl (C=O) groups excluding carboxylic acids is 1. The summed E-state index contributed by atoms with van der Waals surface area (Å²) in [5, 5.41) is 4.72. The second kappa shape index (κ2) is 5.97. The Balaban J connectivity index is 1.71. The minimum Gasteiger partial charge on any atom is -0.307 e. The maximum atomic E-state index is 13.2. The molecule has 132 valence electrons. The van der Waals surface area contributed by atoms with Crippen molar-refractivity contribution in [3.05, 3.63) is 45.7 Å². The third kappa shape index (κ3) is 3.14. The average molecular weight is 402 g/mol. The molecule has 2 aromatic rings. The molecule has 0 N–H and O–H groups in total. The molecule has 1 aliphatic carbocycles. The van der Waals surface area contributed by atoms with E-state index in [-0.39, 0.29) is 11.4 Å². The van der Waals surface area contributed by atoms with Crippen LogP contribution in [0.2, 0.25) is 0 Å². The van der Waals surface area contributed by atoms with Gasteiger partial charge in [-0.2, -0.15) is 5.10 Å². The molecular formula is C20H24BrN3O. The zero-order chi connectivity index (χ0) is 17.8. The standard InChI is InChI=1S/C20H24BrN3O/c1-20(2,3)24-18(13-6-7-13)12-16(22-24)19(25)23-10-4-5-14-11-15(21)8-9-17(14)23/h8-9,11-13H,4-7,10H2,1-3H3. The maximum Gasteiger partial charge on any atom is 0.278 e. The van der Waals surface area contributed by atoms with Gasteiger partial charge < -0.3 is 4.90 Å². The monoisotopic (exact) mass is 401 g/mol. The van der Waals surface area contributed by atoms with Gasteiger partial charge in [-0.15, -0.1) is 0 Å². The number of halogens is 1. The van der Waals surface area contributed by atoms with Gasteiger partial charge >= 0.3 is 0 Å². The highest BCUT2D eigenvalue weighted by Gasteiger charge is 2.34. The topological polar surface area (TPSA) is 38.1 Å². The van der Waals surface area contributed by atoms with Gasteiger partial charge in [0.15, 0.2) is 5.69 Å². The first kappa shape index (κ1) is 16.8. The van der Waals surface area contributed by atoms with E-state index in [2.05, 4.69) is 47.4 Å². The van der Waals surface area contributed by atoms with Gasteiger partial charge in [0.25, 0.3) is 5.91 Å². The fourth-order valence-corrected chi connectivity index (χ4v) is 4.03. The number of rotatable bonds is 2. The summed E-state index contributed by atoms with van der Waals surface area (Å²) in [5.41, 5.74) is 3.93. The summed E-state index contributed by atoms with van der Waals surface area (Å²) in [6, 6.07) is 8.20. The Morgan fingerprint density at radius 2 is 2.00 bits per heavy atom. The third-order valence-corrected chi connectivity index (χ3v) is 5.49. The second-order valence-electron chi connectivity index (χ2n) is 8.14. The van der Waals surface area contributed by atoms with Crippen molar-refractivity contribution in [2.24, 2.45) is 0 Å². The number of anilines is 1. The molecule has 1 aliphatic heterocycles. The van der Waals surface area contributed by atoms with Crippen LogP contribution in [0, 0.1) is 0 Å². The third-order valence-electron chi connectivity index (χ3n) is 4.99. The molecule has 0 radical (unpaired) electrons. The largest absolute Gasteiger partial charge is 0.307 e. The van der Waals surface area contributed by atoms with Crippen molar-refractivity contribution in [3.63, 3.8) is 0 Å². The number of aromatic nitrogens is 2. The lowest BCUT2D eigenvalue weighted by Crippen LogP contribution is -2.36. The lowest BCUT2D eigenvalue weighted by molar-refractivity contribution is 0.0978. The number of carbonyl (C=O) groups is 1. The van der Waals surface area contributed by atoms with Gasteiger partial charge in [0.05, 0.1) is 5.54 Å². The molecule has 1 saturated carbocycles. The van der Waals surface area contributed by atoms with Crippen LogP contribution in [0.25, 0.3) is 0 Å². The summed E-state index contributed by atoms with van der Waals surface area (Å²) in [6.07, 6.45) is 4.42. The molecule has 0 unspecified atom stereocenters. The highest BCUT2D eigenvalue weighted by molar-refractivity contribution is 9.10. The Morgan fingerprint density at radius 3 is 2.68 bits per heavy atom. The smallest absolute Gasteiger partial charge is 0.278 e. The van der Waals surface area contributed by atoms with Crippen LogP contribution in [0.5, 0.6) is 0 Å². The lowest BCUT2D eigenvalue weighted by atomic mass is 10.0. The van der Waals surface area contributed by atoms with Crippen molar-refractivity contribution in [3.8, 4) is 0 Å². The van der Waals surface area contributed by atoms with Gasteiger partial charge in [0, 0.05) is 28.3 Å². The molecule has 0 bridgehead atoms. The maximum absolute atomic E-state index is 13.2. The van der Waals surface area contributed by atoms with Crippen LogP contribution in [0.3, 0.4) is 0 Å². The van der Waals surface area contributed by atoms with E-state index in [1.807, 2.05) is 23.1 Å². The Labute approximate surface area is 157 Å². The minimum absolute atomic E-state index is 0.0215. The number of hydrogen-bond donors (Lipinski definition) is 0. The van der Waals surface area contributed by atoms with Crippen molar-refractivity contribution in [2.75, 3.05) is 11.4 Å². The number of nitrogens with zero attached hydrogens (tertiary/aromatic N) is 3. The molecule has 2 heterocycles. The molecule has 1 aromatic carbocycles. The van der Waals surface area contributed by atoms with Gasteiger partial charge in [0.1, 0.15) is 0 Å². The van der Waals surface area contributed by atoms with E-state index < -0.39 is 0 Å². The van der Waals surface area contributed by atoms with Crippen molar-refractivity contribution < 1.29 is 4.79 Å². The average Bonchev–Trinajstić information content (AvgIpc) is 3.30. The molecule has 1 amide bonds. The Bertz CT molecular complexity index is 830. The van der Waals surface area contributed by atoms with Crippen molar-refractivity contribution in [1.82, 2.24) is 9.78 Å². The molecule has 25 heavy (non-hydrogen) atoms. The van der Waals surface area contributed by atoms with Gasteiger partial charge in [-0.3, -0.25) is 9.48 Å². The first-order valence-electron chi connectivity index (χ1n) is 9.05. The summed E-state index contributed by atoms with van der Waals surface area (Å²) in [7, 11) is 0. The van der Waals surface area contributed by atoms with E-state index in [9.17, 15) is 4.79 Å². The number of amides is 1. The molecular weight excluding hydrogens is 378 g/mol. The molecule has 1 fully saturated rings. The quantitative estimate of drug-likeness (QED) is 0.719. The van der Waals surface area contributed by atoms with Gasteiger partial charge in [-0.05, 0) is 76.3 Å². The lowest BCUT2D eigenvalue weighted by Gasteiger charge is -2.29. The normalized spacial score (nSPS) is 17.5. The first-order valence-corrected chi connectivity index (χ1v) is 9.84. The van der Waals surface area contributed by atoms with Crippen molar-refractivity contribution in [1.29, 1.82) is 0 Å². The minimum atomic E-state index is -0.110. The van der Waals surface area contributed by atoms with Crippen molar-refractivity contribution >= 4 is 27.5 Å². The van der Waals surface area contributed by atoms with Gasteiger partial charge in [-0.25, -0.2) is 0 Å². The fourth-order valence-electron chi connectivity index (χ4n) is 3.62. The number of fused-ring (bicyclic) bond motifs is 1. The molecule has 1 aromatic heterocycles. The van der Waals surface area contributed by atoms with Crippen molar-refractivity contribution in [2.45, 2.75) is 57.9 Å². The highest BCUT2D eigenvalue weighted by Crippen LogP contribution is 2.42. The van der Waals surface area contributed by atoms with E-state index in [4.69, 9.17) is 5.10 Å². The summed E-state index contributed by atoms with van der Waals surface area (Å²) >= 11 is 3.53. The Hall–Kier alpha value is -1.62. The number of aryl methyl sites for hydroxylation is 1. The molecule has 5 heteroatoms. The molecule has 0 atom stereocenters. The second-order valence-corrected chi connectivity index (χ2v) is 9.06. The predicted octanol–water partition coefficient (Wildman–Crippen LogP) is 4.87. The summed E-state index contributed by atoms with van der Waals surface area (Å²) in [4.78, 5) is 15.1. The van der Waals surface area contributed by atoms with Crippen LogP contribution in [-0.2, 0) is 12.0 Å². The zero-order valence-corrected chi connectivity index (χ0v) is 16.6. The van der Waals surface area contributed by atoms with Gasteiger partial charge in [-0.1, -0.05) is 15.9 Å². The molecule has 2 aliphatic rings. The molecule has 4 rings (SSSR count). The Morgan fingerprint density at radius 1 is 1.24 bits per heavy atom. The number of hydrogen-bond acceptors (Lipinski definition) is 2. The highest BCUT2D eigenvalue weighted by atomic mass is 79.9. The van der Waals surface area contributed by atoms with E-state index in [0.29, 0.717) is 11.6 Å². The van der Waals surface area contributed by atoms with E-state index >= 15 is 0 Å². The van der Waals surface area contributed by atoms with E-state index in [1.165, 1.54) is 24.1 Å². The molecule has 4 nitrogen and oxygen atoms in total. The SMILES string of the molecule is CC(C)(C)n1nc(C(=O)N2CCCc3cc(Br)ccc32)cc1C1CC1.